The minimum absolute atomic E-state index is 0.0625. The summed E-state index contributed by atoms with van der Waals surface area (Å²) < 4.78 is 0. The van der Waals surface area contributed by atoms with Crippen LogP contribution >= 0.6 is 22.9 Å². The highest BCUT2D eigenvalue weighted by Crippen LogP contribution is 2.30. The number of halogens is 1. The Morgan fingerprint density at radius 1 is 0.927 bits per heavy atom. The van der Waals surface area contributed by atoms with E-state index in [1.54, 1.807) is 34.5 Å². The average Bonchev–Trinajstić information content (AvgIpc) is 3.46. The van der Waals surface area contributed by atoms with Gasteiger partial charge < -0.3 is 15.1 Å². The second-order valence-corrected chi connectivity index (χ2v) is 11.7. The SMILES string of the molecule is CC(C)N(Cc1nc(C(=O)N2CCN(C(c3ccccc3)c3ccccc3)CC2)cs1)C(=O)Nc1cccc(Cl)c1. The van der Waals surface area contributed by atoms with Crippen molar-refractivity contribution in [1.29, 1.82) is 0 Å². The minimum atomic E-state index is -0.243. The van der Waals surface area contributed by atoms with Crippen molar-refractivity contribution in [3.8, 4) is 0 Å². The van der Waals surface area contributed by atoms with Gasteiger partial charge in [0, 0.05) is 48.3 Å². The summed E-state index contributed by atoms with van der Waals surface area (Å²) in [7, 11) is 0. The summed E-state index contributed by atoms with van der Waals surface area (Å²) in [6, 6.07) is 27.9. The Morgan fingerprint density at radius 3 is 2.15 bits per heavy atom. The highest BCUT2D eigenvalue weighted by atomic mass is 35.5. The average molecular weight is 588 g/mol. The van der Waals surface area contributed by atoms with Crippen LogP contribution in [0.15, 0.2) is 90.3 Å². The highest BCUT2D eigenvalue weighted by molar-refractivity contribution is 7.09. The number of anilines is 1. The third kappa shape index (κ3) is 7.14. The smallest absolute Gasteiger partial charge is 0.322 e. The molecule has 0 radical (unpaired) electrons. The zero-order chi connectivity index (χ0) is 28.8. The third-order valence-corrected chi connectivity index (χ3v) is 8.30. The van der Waals surface area contributed by atoms with Crippen molar-refractivity contribution in [2.24, 2.45) is 0 Å². The molecule has 1 fully saturated rings. The van der Waals surface area contributed by atoms with E-state index < -0.39 is 0 Å². The van der Waals surface area contributed by atoms with E-state index in [9.17, 15) is 9.59 Å². The molecular weight excluding hydrogens is 554 g/mol. The van der Waals surface area contributed by atoms with Crippen LogP contribution in [0.5, 0.6) is 0 Å². The zero-order valence-electron chi connectivity index (χ0n) is 23.2. The predicted octanol–water partition coefficient (Wildman–Crippen LogP) is 6.79. The number of carbonyl (C=O) groups is 2. The number of thiazole rings is 1. The first kappa shape index (κ1) is 28.8. The number of rotatable bonds is 8. The lowest BCUT2D eigenvalue weighted by atomic mass is 9.96. The maximum absolute atomic E-state index is 13.4. The van der Waals surface area contributed by atoms with Crippen molar-refractivity contribution in [1.82, 2.24) is 19.7 Å². The van der Waals surface area contributed by atoms with Crippen LogP contribution in [0.1, 0.15) is 46.5 Å². The number of aromatic nitrogens is 1. The fourth-order valence-electron chi connectivity index (χ4n) is 5.11. The highest BCUT2D eigenvalue weighted by Gasteiger charge is 2.29. The molecule has 3 amide bonds. The first-order valence-electron chi connectivity index (χ1n) is 13.8. The van der Waals surface area contributed by atoms with Crippen LogP contribution in [-0.2, 0) is 6.54 Å². The fourth-order valence-corrected chi connectivity index (χ4v) is 6.06. The molecule has 41 heavy (non-hydrogen) atoms. The van der Waals surface area contributed by atoms with E-state index >= 15 is 0 Å². The predicted molar refractivity (Wildman–Crippen MR) is 165 cm³/mol. The summed E-state index contributed by atoms with van der Waals surface area (Å²) in [6.45, 7) is 7.00. The van der Waals surface area contributed by atoms with Crippen molar-refractivity contribution in [2.75, 3.05) is 31.5 Å². The molecule has 9 heteroatoms. The van der Waals surface area contributed by atoms with Gasteiger partial charge in [-0.1, -0.05) is 78.3 Å². The van der Waals surface area contributed by atoms with E-state index in [2.05, 4.69) is 63.7 Å². The van der Waals surface area contributed by atoms with Gasteiger partial charge in [0.05, 0.1) is 12.6 Å². The molecule has 5 rings (SSSR count). The summed E-state index contributed by atoms with van der Waals surface area (Å²) in [5.41, 5.74) is 3.55. The van der Waals surface area contributed by atoms with Gasteiger partial charge in [-0.2, -0.15) is 0 Å². The van der Waals surface area contributed by atoms with Crippen LogP contribution in [0.4, 0.5) is 10.5 Å². The molecule has 7 nitrogen and oxygen atoms in total. The standard InChI is InChI=1S/C32H34ClN5O2S/c1-23(2)38(32(40)34-27-15-9-14-26(33)20-27)21-29-35-28(22-41-29)31(39)37-18-16-36(17-19-37)30(24-10-5-3-6-11-24)25-12-7-4-8-13-25/h3-15,20,22-23,30H,16-19,21H2,1-2H3,(H,34,40). The molecule has 1 aliphatic heterocycles. The van der Waals surface area contributed by atoms with Crippen LogP contribution in [0.3, 0.4) is 0 Å². The van der Waals surface area contributed by atoms with Crippen LogP contribution < -0.4 is 5.32 Å². The quantitative estimate of drug-likeness (QED) is 0.246. The molecule has 0 aliphatic carbocycles. The minimum Gasteiger partial charge on any atom is -0.335 e. The molecule has 0 atom stereocenters. The Morgan fingerprint density at radius 2 is 1.56 bits per heavy atom. The number of hydrogen-bond acceptors (Lipinski definition) is 5. The first-order valence-corrected chi connectivity index (χ1v) is 15.1. The van der Waals surface area contributed by atoms with Gasteiger partial charge in [0.25, 0.3) is 5.91 Å². The lowest BCUT2D eigenvalue weighted by Crippen LogP contribution is -2.50. The Labute approximate surface area is 250 Å². The van der Waals surface area contributed by atoms with E-state index in [-0.39, 0.29) is 24.0 Å². The normalized spacial score (nSPS) is 13.9. The van der Waals surface area contributed by atoms with Crippen LogP contribution in [0.25, 0.3) is 0 Å². The molecular formula is C32H34ClN5O2S. The van der Waals surface area contributed by atoms with E-state index in [1.807, 2.05) is 30.9 Å². The van der Waals surface area contributed by atoms with Crippen LogP contribution in [-0.4, -0.2) is 63.8 Å². The number of urea groups is 1. The van der Waals surface area contributed by atoms with Crippen molar-refractivity contribution < 1.29 is 9.59 Å². The number of hydrogen-bond donors (Lipinski definition) is 1. The Hall–Kier alpha value is -3.72. The Balaban J connectivity index is 1.22. The van der Waals surface area contributed by atoms with Crippen LogP contribution in [0, 0.1) is 0 Å². The molecule has 1 aromatic heterocycles. The lowest BCUT2D eigenvalue weighted by molar-refractivity contribution is 0.0592. The van der Waals surface area contributed by atoms with Gasteiger partial charge in [0.1, 0.15) is 10.7 Å². The van der Waals surface area contributed by atoms with Gasteiger partial charge in [0.2, 0.25) is 0 Å². The molecule has 3 aromatic carbocycles. The molecule has 4 aromatic rings. The maximum atomic E-state index is 13.4. The molecule has 0 saturated carbocycles. The van der Waals surface area contributed by atoms with Gasteiger partial charge >= 0.3 is 6.03 Å². The summed E-state index contributed by atoms with van der Waals surface area (Å²) in [5, 5.41) is 5.97. The Kier molecular flexibility index (Phi) is 9.34. The molecule has 1 N–H and O–H groups in total. The number of nitrogens with zero attached hydrogens (tertiary/aromatic N) is 4. The summed E-state index contributed by atoms with van der Waals surface area (Å²) >= 11 is 7.47. The van der Waals surface area contributed by atoms with E-state index in [0.29, 0.717) is 36.0 Å². The van der Waals surface area contributed by atoms with Gasteiger partial charge in [-0.25, -0.2) is 9.78 Å². The van der Waals surface area contributed by atoms with E-state index in [4.69, 9.17) is 11.6 Å². The van der Waals surface area contributed by atoms with Gasteiger partial charge in [-0.05, 0) is 43.2 Å². The van der Waals surface area contributed by atoms with Crippen LogP contribution in [0.2, 0.25) is 5.02 Å². The molecule has 1 aliphatic rings. The maximum Gasteiger partial charge on any atom is 0.322 e. The number of nitrogens with one attached hydrogen (secondary N) is 1. The Bertz CT molecular complexity index is 1420. The zero-order valence-corrected chi connectivity index (χ0v) is 24.8. The fraction of sp³-hybridized carbons (Fsp3) is 0.281. The molecule has 2 heterocycles. The van der Waals surface area contributed by atoms with E-state index in [0.717, 1.165) is 18.1 Å². The lowest BCUT2D eigenvalue weighted by Gasteiger charge is -2.39. The number of piperazine rings is 1. The summed E-state index contributed by atoms with van der Waals surface area (Å²) in [4.78, 5) is 37.1. The summed E-state index contributed by atoms with van der Waals surface area (Å²) in [6.07, 6.45) is 0. The number of amides is 3. The van der Waals surface area contributed by atoms with Gasteiger partial charge in [0.15, 0.2) is 0 Å². The van der Waals surface area contributed by atoms with Gasteiger partial charge in [-0.15, -0.1) is 11.3 Å². The van der Waals surface area contributed by atoms with Crippen molar-refractivity contribution in [2.45, 2.75) is 32.5 Å². The van der Waals surface area contributed by atoms with Crippen molar-refractivity contribution >= 4 is 40.6 Å². The second-order valence-electron chi connectivity index (χ2n) is 10.3. The van der Waals surface area contributed by atoms with Gasteiger partial charge in [-0.3, -0.25) is 9.69 Å². The second kappa shape index (κ2) is 13.3. The molecule has 1 saturated heterocycles. The summed E-state index contributed by atoms with van der Waals surface area (Å²) in [5.74, 6) is -0.0670. The topological polar surface area (TPSA) is 68.8 Å². The van der Waals surface area contributed by atoms with Crippen molar-refractivity contribution in [3.05, 3.63) is 117 Å². The number of benzene rings is 3. The molecule has 0 bridgehead atoms. The van der Waals surface area contributed by atoms with Crippen molar-refractivity contribution in [3.63, 3.8) is 0 Å². The molecule has 212 valence electrons. The monoisotopic (exact) mass is 587 g/mol. The largest absolute Gasteiger partial charge is 0.335 e. The number of carbonyl (C=O) groups excluding carboxylic acids is 2. The molecule has 0 spiro atoms. The van der Waals surface area contributed by atoms with E-state index in [1.165, 1.54) is 22.5 Å². The first-order chi connectivity index (χ1) is 19.9. The molecule has 0 unspecified atom stereocenters. The third-order valence-electron chi connectivity index (χ3n) is 7.23.